The number of hydrogen-bond donors (Lipinski definition) is 0. The van der Waals surface area contributed by atoms with Gasteiger partial charge in [0.1, 0.15) is 10.2 Å². The van der Waals surface area contributed by atoms with Crippen molar-refractivity contribution in [3.8, 4) is 0 Å². The number of aromatic nitrogens is 2. The van der Waals surface area contributed by atoms with E-state index in [1.165, 1.54) is 0 Å². The molecule has 1 aromatic rings. The number of nitrogens with zero attached hydrogens (tertiary/aromatic N) is 3. The fraction of sp³-hybridized carbons (Fsp3) is 0.667. The number of ether oxygens (including phenoxy) is 1. The molecule has 1 aliphatic rings. The molecular weight excluding hydrogens is 334 g/mol. The van der Waals surface area contributed by atoms with E-state index in [0.717, 1.165) is 42.6 Å². The number of carbonyl (C=O) groups is 1. The van der Waals surface area contributed by atoms with Gasteiger partial charge >= 0.3 is 6.09 Å². The van der Waals surface area contributed by atoms with Gasteiger partial charge in [-0.1, -0.05) is 0 Å². The van der Waals surface area contributed by atoms with Gasteiger partial charge in [0.25, 0.3) is 0 Å². The van der Waals surface area contributed by atoms with Crippen LogP contribution in [-0.4, -0.2) is 39.7 Å². The Labute approximate surface area is 134 Å². The Bertz CT molecular complexity index is 485. The second-order valence-electron chi connectivity index (χ2n) is 6.47. The van der Waals surface area contributed by atoms with Crippen LogP contribution in [0, 0.1) is 5.92 Å². The van der Waals surface area contributed by atoms with Gasteiger partial charge in [0.15, 0.2) is 0 Å². The Hall–Kier alpha value is -1.17. The van der Waals surface area contributed by atoms with E-state index in [1.54, 1.807) is 12.4 Å². The molecule has 1 amide bonds. The molecule has 2 rings (SSSR count). The molecule has 0 aliphatic carbocycles. The van der Waals surface area contributed by atoms with Crippen molar-refractivity contribution < 1.29 is 9.53 Å². The molecule has 1 fully saturated rings. The van der Waals surface area contributed by atoms with Gasteiger partial charge in [-0.2, -0.15) is 0 Å². The lowest BCUT2D eigenvalue weighted by molar-refractivity contribution is 0.0165. The van der Waals surface area contributed by atoms with Crippen molar-refractivity contribution in [3.63, 3.8) is 0 Å². The van der Waals surface area contributed by atoms with E-state index < -0.39 is 5.60 Å². The van der Waals surface area contributed by atoms with E-state index in [1.807, 2.05) is 25.7 Å². The Kier molecular flexibility index (Phi) is 5.19. The molecule has 0 N–H and O–H groups in total. The predicted octanol–water partition coefficient (Wildman–Crippen LogP) is 3.43. The Morgan fingerprint density at radius 2 is 2.19 bits per heavy atom. The summed E-state index contributed by atoms with van der Waals surface area (Å²) in [5.74, 6) is 0.418. The Morgan fingerprint density at radius 3 is 2.81 bits per heavy atom. The number of rotatable bonds is 2. The first kappa shape index (κ1) is 16.2. The molecular formula is C15H22BrN3O2. The summed E-state index contributed by atoms with van der Waals surface area (Å²) >= 11 is 3.28. The molecule has 1 aliphatic heterocycles. The average molecular weight is 356 g/mol. The molecule has 5 nitrogen and oxygen atoms in total. The van der Waals surface area contributed by atoms with Gasteiger partial charge in [0.2, 0.25) is 0 Å². The van der Waals surface area contributed by atoms with Crippen molar-refractivity contribution in [3.05, 3.63) is 22.7 Å². The molecule has 0 saturated carbocycles. The summed E-state index contributed by atoms with van der Waals surface area (Å²) in [6.07, 6.45) is 6.25. The minimum absolute atomic E-state index is 0.214. The lowest BCUT2D eigenvalue weighted by Crippen LogP contribution is -2.43. The standard InChI is InChI=1S/C15H22BrN3O2/c1-15(2,3)21-14(20)19-6-4-5-11(10-19)7-12-8-18-13(16)9-17-12/h8-9,11H,4-7,10H2,1-3H3. The smallest absolute Gasteiger partial charge is 0.410 e. The summed E-state index contributed by atoms with van der Waals surface area (Å²) in [5.41, 5.74) is 0.524. The number of amides is 1. The zero-order chi connectivity index (χ0) is 15.5. The predicted molar refractivity (Wildman–Crippen MR) is 84.0 cm³/mol. The number of piperidine rings is 1. The van der Waals surface area contributed by atoms with Gasteiger partial charge < -0.3 is 9.64 Å². The lowest BCUT2D eigenvalue weighted by Gasteiger charge is -2.34. The van der Waals surface area contributed by atoms with Gasteiger partial charge in [-0.15, -0.1) is 0 Å². The minimum atomic E-state index is -0.443. The van der Waals surface area contributed by atoms with Crippen molar-refractivity contribution in [2.75, 3.05) is 13.1 Å². The van der Waals surface area contributed by atoms with Crippen LogP contribution in [0.2, 0.25) is 0 Å². The normalized spacial score (nSPS) is 19.4. The average Bonchev–Trinajstić information content (AvgIpc) is 2.40. The van der Waals surface area contributed by atoms with E-state index in [2.05, 4.69) is 25.9 Å². The van der Waals surface area contributed by atoms with E-state index in [9.17, 15) is 4.79 Å². The molecule has 1 aromatic heterocycles. The van der Waals surface area contributed by atoms with Crippen molar-refractivity contribution in [2.24, 2.45) is 5.92 Å². The minimum Gasteiger partial charge on any atom is -0.444 e. The van der Waals surface area contributed by atoms with Crippen LogP contribution in [0.4, 0.5) is 4.79 Å². The molecule has 116 valence electrons. The largest absolute Gasteiger partial charge is 0.444 e. The van der Waals surface area contributed by atoms with Crippen LogP contribution in [0.3, 0.4) is 0 Å². The summed E-state index contributed by atoms with van der Waals surface area (Å²) in [5, 5.41) is 0. The summed E-state index contributed by atoms with van der Waals surface area (Å²) in [4.78, 5) is 22.5. The van der Waals surface area contributed by atoms with E-state index in [4.69, 9.17) is 4.74 Å². The highest BCUT2D eigenvalue weighted by molar-refractivity contribution is 9.10. The third-order valence-corrected chi connectivity index (χ3v) is 3.75. The molecule has 1 saturated heterocycles. The number of carbonyl (C=O) groups excluding carboxylic acids is 1. The number of likely N-dealkylation sites (tertiary alicyclic amines) is 1. The third kappa shape index (κ3) is 5.26. The Balaban J connectivity index is 1.91. The quantitative estimate of drug-likeness (QED) is 0.815. The van der Waals surface area contributed by atoms with Crippen molar-refractivity contribution >= 4 is 22.0 Å². The molecule has 2 heterocycles. The highest BCUT2D eigenvalue weighted by Gasteiger charge is 2.27. The van der Waals surface area contributed by atoms with Crippen LogP contribution in [0.5, 0.6) is 0 Å². The second-order valence-corrected chi connectivity index (χ2v) is 7.28. The zero-order valence-corrected chi connectivity index (χ0v) is 14.4. The molecule has 21 heavy (non-hydrogen) atoms. The molecule has 0 radical (unpaired) electrons. The van der Waals surface area contributed by atoms with Crippen LogP contribution in [0.15, 0.2) is 17.0 Å². The van der Waals surface area contributed by atoms with E-state index in [0.29, 0.717) is 5.92 Å². The van der Waals surface area contributed by atoms with Gasteiger partial charge in [0.05, 0.1) is 11.9 Å². The van der Waals surface area contributed by atoms with Crippen molar-refractivity contribution in [1.82, 2.24) is 14.9 Å². The van der Waals surface area contributed by atoms with E-state index >= 15 is 0 Å². The SMILES string of the molecule is CC(C)(C)OC(=O)N1CCCC(Cc2cnc(Br)cn2)C1. The number of hydrogen-bond acceptors (Lipinski definition) is 4. The zero-order valence-electron chi connectivity index (χ0n) is 12.8. The van der Waals surface area contributed by atoms with Crippen LogP contribution < -0.4 is 0 Å². The van der Waals surface area contributed by atoms with Gasteiger partial charge in [-0.05, 0) is 61.9 Å². The van der Waals surface area contributed by atoms with Gasteiger partial charge in [0, 0.05) is 19.3 Å². The third-order valence-electron chi connectivity index (χ3n) is 3.34. The molecule has 6 heteroatoms. The molecule has 0 aromatic carbocycles. The summed E-state index contributed by atoms with van der Waals surface area (Å²) in [7, 11) is 0. The summed E-state index contributed by atoms with van der Waals surface area (Å²) < 4.78 is 6.19. The van der Waals surface area contributed by atoms with Crippen molar-refractivity contribution in [1.29, 1.82) is 0 Å². The van der Waals surface area contributed by atoms with Crippen LogP contribution in [0.1, 0.15) is 39.3 Å². The monoisotopic (exact) mass is 355 g/mol. The second kappa shape index (κ2) is 6.73. The molecule has 1 atom stereocenters. The van der Waals surface area contributed by atoms with Gasteiger partial charge in [-0.25, -0.2) is 9.78 Å². The van der Waals surface area contributed by atoms with Crippen LogP contribution in [0.25, 0.3) is 0 Å². The lowest BCUT2D eigenvalue weighted by atomic mass is 9.94. The summed E-state index contributed by atoms with van der Waals surface area (Å²) in [6, 6.07) is 0. The first-order valence-electron chi connectivity index (χ1n) is 7.28. The maximum Gasteiger partial charge on any atom is 0.410 e. The first-order valence-corrected chi connectivity index (χ1v) is 8.07. The maximum atomic E-state index is 12.1. The van der Waals surface area contributed by atoms with Gasteiger partial charge in [-0.3, -0.25) is 4.98 Å². The fourth-order valence-corrected chi connectivity index (χ4v) is 2.67. The topological polar surface area (TPSA) is 55.3 Å². The molecule has 1 unspecified atom stereocenters. The fourth-order valence-electron chi connectivity index (χ4n) is 2.46. The molecule has 0 bridgehead atoms. The van der Waals surface area contributed by atoms with Crippen LogP contribution >= 0.6 is 15.9 Å². The highest BCUT2D eigenvalue weighted by atomic mass is 79.9. The van der Waals surface area contributed by atoms with Crippen molar-refractivity contribution in [2.45, 2.75) is 45.6 Å². The van der Waals surface area contributed by atoms with Crippen LogP contribution in [-0.2, 0) is 11.2 Å². The highest BCUT2D eigenvalue weighted by Crippen LogP contribution is 2.22. The first-order chi connectivity index (χ1) is 9.83. The Morgan fingerprint density at radius 1 is 1.43 bits per heavy atom. The number of halogens is 1. The summed E-state index contributed by atoms with van der Waals surface area (Å²) in [6.45, 7) is 7.18. The van der Waals surface area contributed by atoms with E-state index in [-0.39, 0.29) is 6.09 Å². The maximum absolute atomic E-state index is 12.1. The molecule has 0 spiro atoms.